The molecule has 1 aliphatic rings. The number of carbonyl (C=O) groups excluding carboxylic acids is 2. The van der Waals surface area contributed by atoms with Gasteiger partial charge in [0, 0.05) is 11.0 Å². The average molecular weight is 491 g/mol. The summed E-state index contributed by atoms with van der Waals surface area (Å²) in [4.78, 5) is 23.3. The van der Waals surface area contributed by atoms with E-state index in [1.807, 2.05) is 0 Å². The lowest BCUT2D eigenvalue weighted by Gasteiger charge is -2.36. The summed E-state index contributed by atoms with van der Waals surface area (Å²) in [6.45, 7) is 0. The molecule has 2 nitrogen and oxygen atoms in total. The molecule has 4 rings (SSSR count). The van der Waals surface area contributed by atoms with Crippen molar-refractivity contribution >= 4 is 11.6 Å². The second kappa shape index (κ2) is 13.7. The Hall–Kier alpha value is -3.52. The number of hydrogen-bond donors (Lipinski definition) is 0. The predicted molar refractivity (Wildman–Crippen MR) is 153 cm³/mol. The molecule has 0 saturated carbocycles. The fourth-order valence-electron chi connectivity index (χ4n) is 5.62. The van der Waals surface area contributed by atoms with Gasteiger partial charge in [-0.3, -0.25) is 9.59 Å². The Morgan fingerprint density at radius 3 is 1.41 bits per heavy atom. The third-order valence-electron chi connectivity index (χ3n) is 7.58. The quantitative estimate of drug-likeness (QED) is 0.129. The summed E-state index contributed by atoms with van der Waals surface area (Å²) in [6.07, 6.45) is 15.5. The lowest BCUT2D eigenvalue weighted by molar-refractivity contribution is -0.114. The predicted octanol–water partition coefficient (Wildman–Crippen LogP) is 8.56. The Morgan fingerprint density at radius 1 is 0.486 bits per heavy atom. The van der Waals surface area contributed by atoms with E-state index in [0.717, 1.165) is 25.7 Å². The number of benzene rings is 3. The Kier molecular flexibility index (Phi) is 9.82. The summed E-state index contributed by atoms with van der Waals surface area (Å²) in [5.74, 6) is -0.0670. The monoisotopic (exact) mass is 490 g/mol. The van der Waals surface area contributed by atoms with Crippen LogP contribution in [0.3, 0.4) is 0 Å². The molecule has 0 aromatic heterocycles. The maximum absolute atomic E-state index is 11.8. The van der Waals surface area contributed by atoms with Crippen molar-refractivity contribution in [2.75, 3.05) is 0 Å². The Morgan fingerprint density at radius 2 is 0.919 bits per heavy atom. The minimum atomic E-state index is -0.147. The number of ketones is 2. The van der Waals surface area contributed by atoms with Gasteiger partial charge in [-0.05, 0) is 54.2 Å². The van der Waals surface area contributed by atoms with E-state index in [2.05, 4.69) is 91.0 Å². The van der Waals surface area contributed by atoms with E-state index in [1.54, 1.807) is 0 Å². The van der Waals surface area contributed by atoms with E-state index in [1.165, 1.54) is 73.4 Å². The molecule has 0 aliphatic heterocycles. The second-order valence-electron chi connectivity index (χ2n) is 10.1. The SMILES string of the molecule is O=C1C=CC(=O)C(CCCCCCCCCCC(c2ccccc2)(c2ccccc2)c2ccccc2)=C1. The van der Waals surface area contributed by atoms with Crippen molar-refractivity contribution in [2.24, 2.45) is 0 Å². The molecule has 0 radical (unpaired) electrons. The van der Waals surface area contributed by atoms with Gasteiger partial charge < -0.3 is 0 Å². The van der Waals surface area contributed by atoms with Crippen LogP contribution in [0.5, 0.6) is 0 Å². The van der Waals surface area contributed by atoms with Gasteiger partial charge in [0.15, 0.2) is 11.6 Å². The van der Waals surface area contributed by atoms with E-state index in [0.29, 0.717) is 5.57 Å². The van der Waals surface area contributed by atoms with Gasteiger partial charge in [0.05, 0.1) is 0 Å². The molecule has 0 N–H and O–H groups in total. The van der Waals surface area contributed by atoms with Crippen molar-refractivity contribution in [3.8, 4) is 0 Å². The molecular weight excluding hydrogens is 452 g/mol. The second-order valence-corrected chi connectivity index (χ2v) is 10.1. The van der Waals surface area contributed by atoms with E-state index in [9.17, 15) is 9.59 Å². The molecule has 0 spiro atoms. The zero-order valence-electron chi connectivity index (χ0n) is 21.8. The first-order valence-corrected chi connectivity index (χ1v) is 13.8. The summed E-state index contributed by atoms with van der Waals surface area (Å²) in [5, 5.41) is 0. The molecule has 2 heteroatoms. The fourth-order valence-corrected chi connectivity index (χ4v) is 5.62. The summed E-state index contributed by atoms with van der Waals surface area (Å²) < 4.78 is 0. The van der Waals surface area contributed by atoms with E-state index in [4.69, 9.17) is 0 Å². The third kappa shape index (κ3) is 7.04. The van der Waals surface area contributed by atoms with Gasteiger partial charge in [-0.25, -0.2) is 0 Å². The first-order chi connectivity index (χ1) is 18.2. The molecule has 3 aromatic rings. The topological polar surface area (TPSA) is 34.1 Å². The number of allylic oxidation sites excluding steroid dienone is 4. The van der Waals surface area contributed by atoms with Gasteiger partial charge in [-0.1, -0.05) is 136 Å². The van der Waals surface area contributed by atoms with Crippen LogP contribution in [0.4, 0.5) is 0 Å². The largest absolute Gasteiger partial charge is 0.290 e. The summed E-state index contributed by atoms with van der Waals surface area (Å²) in [7, 11) is 0. The Labute approximate surface area is 222 Å². The molecule has 0 fully saturated rings. The number of rotatable bonds is 14. The number of hydrogen-bond acceptors (Lipinski definition) is 2. The van der Waals surface area contributed by atoms with Crippen molar-refractivity contribution in [1.82, 2.24) is 0 Å². The first-order valence-electron chi connectivity index (χ1n) is 13.8. The van der Waals surface area contributed by atoms with Crippen LogP contribution in [0.15, 0.2) is 115 Å². The number of unbranched alkanes of at least 4 members (excludes halogenated alkanes) is 7. The fraction of sp³-hybridized carbons (Fsp3) is 0.314. The van der Waals surface area contributed by atoms with Crippen molar-refractivity contribution in [1.29, 1.82) is 0 Å². The molecule has 37 heavy (non-hydrogen) atoms. The van der Waals surface area contributed by atoms with Crippen LogP contribution in [-0.2, 0) is 15.0 Å². The van der Waals surface area contributed by atoms with Crippen molar-refractivity contribution in [3.05, 3.63) is 131 Å². The van der Waals surface area contributed by atoms with E-state index >= 15 is 0 Å². The third-order valence-corrected chi connectivity index (χ3v) is 7.58. The molecule has 0 bridgehead atoms. The summed E-state index contributed by atoms with van der Waals surface area (Å²) >= 11 is 0. The van der Waals surface area contributed by atoms with Crippen LogP contribution in [0, 0.1) is 0 Å². The van der Waals surface area contributed by atoms with Gasteiger partial charge in [-0.2, -0.15) is 0 Å². The van der Waals surface area contributed by atoms with E-state index < -0.39 is 0 Å². The smallest absolute Gasteiger partial charge is 0.182 e. The average Bonchev–Trinajstić information content (AvgIpc) is 2.95. The van der Waals surface area contributed by atoms with Gasteiger partial charge in [0.25, 0.3) is 0 Å². The van der Waals surface area contributed by atoms with Gasteiger partial charge in [0.1, 0.15) is 0 Å². The summed E-state index contributed by atoms with van der Waals surface area (Å²) in [6, 6.07) is 32.9. The van der Waals surface area contributed by atoms with Crippen LogP contribution in [0.1, 0.15) is 80.9 Å². The van der Waals surface area contributed by atoms with Crippen molar-refractivity contribution < 1.29 is 9.59 Å². The zero-order valence-corrected chi connectivity index (χ0v) is 21.8. The minimum Gasteiger partial charge on any atom is -0.290 e. The molecule has 0 saturated heterocycles. The molecule has 1 aliphatic carbocycles. The lowest BCUT2D eigenvalue weighted by Crippen LogP contribution is -2.29. The summed E-state index contributed by atoms with van der Waals surface area (Å²) in [5.41, 5.74) is 4.60. The van der Waals surface area contributed by atoms with Gasteiger partial charge in [0.2, 0.25) is 0 Å². The van der Waals surface area contributed by atoms with Crippen molar-refractivity contribution in [3.63, 3.8) is 0 Å². The molecule has 0 unspecified atom stereocenters. The molecule has 3 aromatic carbocycles. The van der Waals surface area contributed by atoms with Crippen LogP contribution in [0.25, 0.3) is 0 Å². The van der Waals surface area contributed by atoms with Gasteiger partial charge in [-0.15, -0.1) is 0 Å². The number of carbonyl (C=O) groups is 2. The van der Waals surface area contributed by atoms with Crippen LogP contribution in [-0.4, -0.2) is 11.6 Å². The van der Waals surface area contributed by atoms with E-state index in [-0.39, 0.29) is 17.0 Å². The van der Waals surface area contributed by atoms with Crippen LogP contribution < -0.4 is 0 Å². The molecule has 0 amide bonds. The van der Waals surface area contributed by atoms with Gasteiger partial charge >= 0.3 is 0 Å². The Bertz CT molecular complexity index is 1090. The highest BCUT2D eigenvalue weighted by Crippen LogP contribution is 2.43. The highest BCUT2D eigenvalue weighted by atomic mass is 16.1. The highest BCUT2D eigenvalue weighted by Gasteiger charge is 2.35. The Balaban J connectivity index is 1.28. The maximum atomic E-state index is 11.8. The molecule has 0 heterocycles. The van der Waals surface area contributed by atoms with Crippen LogP contribution >= 0.6 is 0 Å². The standard InChI is InChI=1S/C35H38O2/c36-33-25-26-34(37)29(28-33)18-10-5-3-1-2-4-6-17-27-35(30-19-11-7-12-20-30,31-21-13-8-14-22-31)32-23-15-9-16-24-32/h7-9,11-16,19-26,28H,1-6,10,17-18,27H2. The molecular formula is C35H38O2. The first kappa shape index (κ1) is 26.5. The van der Waals surface area contributed by atoms with Crippen LogP contribution in [0.2, 0.25) is 0 Å². The maximum Gasteiger partial charge on any atom is 0.182 e. The minimum absolute atomic E-state index is 0.00261. The molecule has 190 valence electrons. The highest BCUT2D eigenvalue weighted by molar-refractivity contribution is 6.17. The normalized spacial score (nSPS) is 13.6. The van der Waals surface area contributed by atoms with Crippen molar-refractivity contribution in [2.45, 2.75) is 69.6 Å². The zero-order chi connectivity index (χ0) is 25.8. The molecule has 0 atom stereocenters. The lowest BCUT2D eigenvalue weighted by atomic mass is 9.66.